The van der Waals surface area contributed by atoms with Crippen molar-refractivity contribution in [1.82, 2.24) is 0 Å². The predicted molar refractivity (Wildman–Crippen MR) is 87.4 cm³/mol. The number of carbonyl (C=O) groups excluding carboxylic acids is 2. The first kappa shape index (κ1) is 27.7. The lowest BCUT2D eigenvalue weighted by Gasteiger charge is -1.97. The lowest BCUT2D eigenvalue weighted by molar-refractivity contribution is -0.138. The summed E-state index contributed by atoms with van der Waals surface area (Å²) in [5.41, 5.74) is 0. The summed E-state index contributed by atoms with van der Waals surface area (Å²) in [6.45, 7) is 17.9. The van der Waals surface area contributed by atoms with Crippen molar-refractivity contribution in [3.8, 4) is 0 Å². The standard InChI is InChI=1S/C7H12O2.C4H6O2.C3H4O2.C2H4/c1-3-5-6-9-7(8)4-2;1-3-4(5)6-2;1-2-3(4)5;1-2/h4H,2-3,5-6H2,1H3;3H,1H2,2H3;2H,1H2,(H,4,5);1-2H2. The van der Waals surface area contributed by atoms with Crippen molar-refractivity contribution >= 4 is 17.9 Å². The molecule has 1 N–H and O–H groups in total. The third-order valence-corrected chi connectivity index (χ3v) is 1.45. The molecule has 0 spiro atoms. The Morgan fingerprint density at radius 1 is 1.00 bits per heavy atom. The van der Waals surface area contributed by atoms with E-state index in [1.807, 2.05) is 6.92 Å². The van der Waals surface area contributed by atoms with Crippen molar-refractivity contribution in [1.29, 1.82) is 0 Å². The average molecular weight is 314 g/mol. The van der Waals surface area contributed by atoms with Crippen molar-refractivity contribution in [3.63, 3.8) is 0 Å². The molecule has 0 heterocycles. The fourth-order valence-corrected chi connectivity index (χ4v) is 0.459. The normalized spacial score (nSPS) is 7.00. The molecule has 0 aromatic rings. The zero-order chi connectivity index (χ0) is 18.4. The van der Waals surface area contributed by atoms with Gasteiger partial charge in [0.05, 0.1) is 13.7 Å². The summed E-state index contributed by atoms with van der Waals surface area (Å²) in [7, 11) is 1.31. The van der Waals surface area contributed by atoms with E-state index in [4.69, 9.17) is 5.11 Å². The van der Waals surface area contributed by atoms with Gasteiger partial charge in [-0.3, -0.25) is 0 Å². The Labute approximate surface area is 132 Å². The van der Waals surface area contributed by atoms with Gasteiger partial charge in [-0.2, -0.15) is 0 Å². The van der Waals surface area contributed by atoms with E-state index in [0.29, 0.717) is 6.61 Å². The van der Waals surface area contributed by atoms with E-state index >= 15 is 0 Å². The summed E-state index contributed by atoms with van der Waals surface area (Å²) >= 11 is 0. The monoisotopic (exact) mass is 314 g/mol. The number of methoxy groups -OCH3 is 1. The smallest absolute Gasteiger partial charge is 0.330 e. The van der Waals surface area contributed by atoms with E-state index in [-0.39, 0.29) is 5.97 Å². The van der Waals surface area contributed by atoms with Crippen molar-refractivity contribution in [2.45, 2.75) is 19.8 Å². The molecular formula is C16H26O6. The Bertz CT molecular complexity index is 334. The summed E-state index contributed by atoms with van der Waals surface area (Å²) in [6.07, 6.45) is 5.10. The predicted octanol–water partition coefficient (Wildman–Crippen LogP) is 2.92. The molecule has 0 rings (SSSR count). The SMILES string of the molecule is C=C.C=CC(=O)O.C=CC(=O)OC.C=CC(=O)OCCCC. The van der Waals surface area contributed by atoms with Gasteiger partial charge in [-0.1, -0.05) is 33.1 Å². The van der Waals surface area contributed by atoms with Crippen LogP contribution in [0.1, 0.15) is 19.8 Å². The molecule has 0 aliphatic heterocycles. The molecular weight excluding hydrogens is 288 g/mol. The summed E-state index contributed by atoms with van der Waals surface area (Å²) < 4.78 is 8.82. The minimum absolute atomic E-state index is 0.330. The van der Waals surface area contributed by atoms with E-state index in [0.717, 1.165) is 25.0 Å². The molecule has 0 saturated heterocycles. The van der Waals surface area contributed by atoms with Crippen molar-refractivity contribution < 1.29 is 29.0 Å². The molecule has 0 atom stereocenters. The number of unbranched alkanes of at least 4 members (excludes halogenated alkanes) is 1. The van der Waals surface area contributed by atoms with E-state index < -0.39 is 11.9 Å². The molecule has 22 heavy (non-hydrogen) atoms. The lowest BCUT2D eigenvalue weighted by Crippen LogP contribution is -2.00. The van der Waals surface area contributed by atoms with E-state index in [1.54, 1.807) is 0 Å². The van der Waals surface area contributed by atoms with Crippen LogP contribution in [-0.2, 0) is 23.9 Å². The zero-order valence-corrected chi connectivity index (χ0v) is 13.4. The summed E-state index contributed by atoms with van der Waals surface area (Å²) in [4.78, 5) is 29.4. The first-order valence-electron chi connectivity index (χ1n) is 6.24. The van der Waals surface area contributed by atoms with Gasteiger partial charge >= 0.3 is 17.9 Å². The third-order valence-electron chi connectivity index (χ3n) is 1.45. The van der Waals surface area contributed by atoms with Gasteiger partial charge < -0.3 is 14.6 Å². The fraction of sp³-hybridized carbons (Fsp3) is 0.312. The number of hydrogen-bond donors (Lipinski definition) is 1. The number of carbonyl (C=O) groups is 3. The Hall–Kier alpha value is -2.63. The second-order valence-corrected chi connectivity index (χ2v) is 2.99. The topological polar surface area (TPSA) is 89.9 Å². The maximum absolute atomic E-state index is 10.3. The van der Waals surface area contributed by atoms with Crippen molar-refractivity contribution in [3.05, 3.63) is 51.1 Å². The minimum Gasteiger partial charge on any atom is -0.478 e. The zero-order valence-electron chi connectivity index (χ0n) is 13.4. The number of aliphatic carboxylic acids is 1. The van der Waals surface area contributed by atoms with Crippen LogP contribution in [0, 0.1) is 0 Å². The molecule has 0 radical (unpaired) electrons. The Morgan fingerprint density at radius 2 is 1.41 bits per heavy atom. The maximum Gasteiger partial charge on any atom is 0.330 e. The molecule has 6 heteroatoms. The van der Waals surface area contributed by atoms with Crippen LogP contribution in [0.25, 0.3) is 0 Å². The van der Waals surface area contributed by atoms with Crippen molar-refractivity contribution in [2.24, 2.45) is 0 Å². The summed E-state index contributed by atoms with van der Waals surface area (Å²) in [6, 6.07) is 0. The van der Waals surface area contributed by atoms with E-state index in [2.05, 4.69) is 42.4 Å². The van der Waals surface area contributed by atoms with Crippen LogP contribution in [0.2, 0.25) is 0 Å². The number of hydrogen-bond acceptors (Lipinski definition) is 5. The van der Waals surface area contributed by atoms with Crippen molar-refractivity contribution in [2.75, 3.05) is 13.7 Å². The molecule has 6 nitrogen and oxygen atoms in total. The van der Waals surface area contributed by atoms with Crippen LogP contribution in [0.5, 0.6) is 0 Å². The Balaban J connectivity index is -0.000000109. The highest BCUT2D eigenvalue weighted by atomic mass is 16.5. The van der Waals surface area contributed by atoms with Gasteiger partial charge in [0, 0.05) is 18.2 Å². The molecule has 0 bridgehead atoms. The molecule has 0 fully saturated rings. The van der Waals surface area contributed by atoms with E-state index in [1.165, 1.54) is 13.2 Å². The highest BCUT2D eigenvalue weighted by Gasteiger charge is 1.91. The maximum atomic E-state index is 10.3. The van der Waals surface area contributed by atoms with Crippen LogP contribution in [0.4, 0.5) is 0 Å². The van der Waals surface area contributed by atoms with Crippen LogP contribution in [-0.4, -0.2) is 36.7 Å². The lowest BCUT2D eigenvalue weighted by atomic mass is 10.4. The molecule has 0 aromatic carbocycles. The minimum atomic E-state index is -0.981. The number of esters is 2. The van der Waals surface area contributed by atoms with Gasteiger partial charge in [0.1, 0.15) is 0 Å². The molecule has 0 unspecified atom stereocenters. The molecule has 0 amide bonds. The fourth-order valence-electron chi connectivity index (χ4n) is 0.459. The molecule has 0 saturated carbocycles. The summed E-state index contributed by atoms with van der Waals surface area (Å²) in [5, 5.41) is 7.60. The second-order valence-electron chi connectivity index (χ2n) is 2.99. The molecule has 0 aromatic heterocycles. The number of carboxylic acids is 1. The Morgan fingerprint density at radius 3 is 1.59 bits per heavy atom. The first-order valence-corrected chi connectivity index (χ1v) is 6.24. The van der Waals surface area contributed by atoms with Crippen LogP contribution < -0.4 is 0 Å². The highest BCUT2D eigenvalue weighted by molar-refractivity contribution is 5.81. The highest BCUT2D eigenvalue weighted by Crippen LogP contribution is 1.88. The quantitative estimate of drug-likeness (QED) is 0.351. The summed E-state index contributed by atoms with van der Waals surface area (Å²) in [5.74, 6) is -1.71. The van der Waals surface area contributed by atoms with Gasteiger partial charge in [0.25, 0.3) is 0 Å². The van der Waals surface area contributed by atoms with E-state index in [9.17, 15) is 14.4 Å². The average Bonchev–Trinajstić information content (AvgIpc) is 2.56. The van der Waals surface area contributed by atoms with Gasteiger partial charge in [-0.15, -0.1) is 13.2 Å². The number of ether oxygens (including phenoxy) is 2. The van der Waals surface area contributed by atoms with Gasteiger partial charge in [0.15, 0.2) is 0 Å². The van der Waals surface area contributed by atoms with Crippen LogP contribution >= 0.6 is 0 Å². The second kappa shape index (κ2) is 26.8. The first-order chi connectivity index (χ1) is 10.4. The molecule has 0 aliphatic carbocycles. The number of rotatable bonds is 6. The van der Waals surface area contributed by atoms with Gasteiger partial charge in [-0.05, 0) is 6.42 Å². The molecule has 0 aliphatic rings. The third kappa shape index (κ3) is 43.3. The van der Waals surface area contributed by atoms with Crippen LogP contribution in [0.15, 0.2) is 51.1 Å². The van der Waals surface area contributed by atoms with Crippen LogP contribution in [0.3, 0.4) is 0 Å². The van der Waals surface area contributed by atoms with Gasteiger partial charge in [-0.25, -0.2) is 14.4 Å². The molecule has 126 valence electrons. The number of carboxylic acid groups (broad SMARTS) is 1. The largest absolute Gasteiger partial charge is 0.478 e. The van der Waals surface area contributed by atoms with Gasteiger partial charge in [0.2, 0.25) is 0 Å². The Kier molecular flexibility index (Phi) is 33.8.